The van der Waals surface area contributed by atoms with Crippen molar-refractivity contribution in [2.45, 2.75) is 18.4 Å². The Labute approximate surface area is 222 Å². The molecule has 0 amide bonds. The summed E-state index contributed by atoms with van der Waals surface area (Å²) in [4.78, 5) is 25.7. The molecule has 0 bridgehead atoms. The first-order chi connectivity index (χ1) is 19.0. The molecule has 39 heavy (non-hydrogen) atoms. The molecule has 0 spiro atoms. The van der Waals surface area contributed by atoms with Crippen LogP contribution < -0.4 is 11.3 Å². The normalized spacial score (nSPS) is 19.4. The number of benzene rings is 2. The van der Waals surface area contributed by atoms with E-state index in [1.165, 1.54) is 17.1 Å². The summed E-state index contributed by atoms with van der Waals surface area (Å²) in [6.45, 7) is 0. The molecule has 2 aromatic carbocycles. The maximum atomic E-state index is 15.1. The Balaban J connectivity index is 1.21. The number of fused-ring (bicyclic) bond motifs is 4. The fourth-order valence-corrected chi connectivity index (χ4v) is 5.74. The second-order valence-electron chi connectivity index (χ2n) is 9.64. The zero-order valence-electron chi connectivity index (χ0n) is 19.8. The minimum absolute atomic E-state index is 0.0588. The number of imidazole rings is 1. The summed E-state index contributed by atoms with van der Waals surface area (Å²) in [6, 6.07) is 11.3. The lowest BCUT2D eigenvalue weighted by Crippen LogP contribution is -2.27. The van der Waals surface area contributed by atoms with Gasteiger partial charge in [-0.15, -0.1) is 5.10 Å². The average Bonchev–Trinajstić information content (AvgIpc) is 3.30. The SMILES string of the molecule is Nc1noc2cc(-c3[nH]c(C4C5CC5c5nc(-c6cc(Cl)ccc6-n6cnnn6)cc(=O)n54)nc3F)ccc12. The monoisotopic (exact) mass is 542 g/mol. The molecule has 192 valence electrons. The molecule has 2 aliphatic rings. The van der Waals surface area contributed by atoms with Crippen LogP contribution in [0.15, 0.2) is 58.1 Å². The van der Waals surface area contributed by atoms with E-state index in [2.05, 4.69) is 30.7 Å². The third kappa shape index (κ3) is 3.26. The van der Waals surface area contributed by atoms with Crippen LogP contribution in [0.5, 0.6) is 0 Å². The predicted octanol–water partition coefficient (Wildman–Crippen LogP) is 3.50. The van der Waals surface area contributed by atoms with Crippen LogP contribution in [0.25, 0.3) is 39.2 Å². The Bertz CT molecular complexity index is 2000. The Morgan fingerprint density at radius 3 is 2.90 bits per heavy atom. The van der Waals surface area contributed by atoms with Gasteiger partial charge < -0.3 is 15.2 Å². The van der Waals surface area contributed by atoms with Gasteiger partial charge in [0, 0.05) is 28.1 Å². The van der Waals surface area contributed by atoms with Crippen molar-refractivity contribution in [1.29, 1.82) is 0 Å². The number of H-pyrrole nitrogens is 1. The van der Waals surface area contributed by atoms with Gasteiger partial charge in [-0.05, 0) is 53.1 Å². The van der Waals surface area contributed by atoms with E-state index in [0.717, 1.165) is 6.42 Å². The lowest BCUT2D eigenvalue weighted by molar-refractivity contribution is 0.460. The smallest absolute Gasteiger partial charge is 0.254 e. The summed E-state index contributed by atoms with van der Waals surface area (Å²) in [7, 11) is 0. The highest BCUT2D eigenvalue weighted by Gasteiger charge is 2.55. The van der Waals surface area contributed by atoms with Crippen molar-refractivity contribution < 1.29 is 8.91 Å². The molecule has 0 radical (unpaired) electrons. The van der Waals surface area contributed by atoms with E-state index < -0.39 is 12.0 Å². The van der Waals surface area contributed by atoms with Crippen molar-refractivity contribution in [3.63, 3.8) is 0 Å². The van der Waals surface area contributed by atoms with Gasteiger partial charge in [-0.25, -0.2) is 9.97 Å². The van der Waals surface area contributed by atoms with Gasteiger partial charge in [-0.3, -0.25) is 9.36 Å². The van der Waals surface area contributed by atoms with Gasteiger partial charge in [0.05, 0.1) is 22.8 Å². The summed E-state index contributed by atoms with van der Waals surface area (Å²) in [6.07, 6.45) is 2.27. The number of tetrazole rings is 1. The summed E-state index contributed by atoms with van der Waals surface area (Å²) in [5.74, 6) is 0.716. The van der Waals surface area contributed by atoms with E-state index in [1.54, 1.807) is 41.0 Å². The molecule has 12 nitrogen and oxygen atoms in total. The number of nitrogens with two attached hydrogens (primary N) is 1. The summed E-state index contributed by atoms with van der Waals surface area (Å²) in [5.41, 5.74) is 8.38. The van der Waals surface area contributed by atoms with Crippen LogP contribution in [0.4, 0.5) is 10.2 Å². The van der Waals surface area contributed by atoms with Gasteiger partial charge in [0.15, 0.2) is 11.4 Å². The number of hydrogen-bond acceptors (Lipinski definition) is 9. The van der Waals surface area contributed by atoms with E-state index in [1.807, 2.05) is 0 Å². The largest absolute Gasteiger partial charge is 0.380 e. The number of halogens is 2. The maximum absolute atomic E-state index is 15.1. The van der Waals surface area contributed by atoms with Crippen LogP contribution in [-0.4, -0.2) is 44.9 Å². The predicted molar refractivity (Wildman–Crippen MR) is 137 cm³/mol. The average molecular weight is 543 g/mol. The van der Waals surface area contributed by atoms with Crippen LogP contribution in [-0.2, 0) is 0 Å². The van der Waals surface area contributed by atoms with E-state index in [-0.39, 0.29) is 28.9 Å². The lowest BCUT2D eigenvalue weighted by Gasteiger charge is -2.16. The van der Waals surface area contributed by atoms with Crippen molar-refractivity contribution in [2.24, 2.45) is 5.92 Å². The van der Waals surface area contributed by atoms with Gasteiger partial charge in [0.2, 0.25) is 5.95 Å². The molecule has 3 atom stereocenters. The number of nitrogens with zero attached hydrogens (tertiary/aromatic N) is 8. The molecule has 0 saturated heterocycles. The van der Waals surface area contributed by atoms with E-state index in [9.17, 15) is 4.79 Å². The highest BCUT2D eigenvalue weighted by molar-refractivity contribution is 6.31. The first kappa shape index (κ1) is 22.1. The van der Waals surface area contributed by atoms with Crippen LogP contribution in [0.2, 0.25) is 5.02 Å². The summed E-state index contributed by atoms with van der Waals surface area (Å²) < 4.78 is 23.4. The first-order valence-electron chi connectivity index (χ1n) is 12.0. The zero-order valence-corrected chi connectivity index (χ0v) is 20.5. The standard InChI is InChI=1S/C25H16ClFN10O2/c26-11-2-4-17(36-9-29-34-35-36)15(6-11)16-8-19(38)37-21(13-7-14(13)25(37)30-16)24-31-20(22(27)32-24)10-1-3-12-18(5-10)39-33-23(12)28/h1-6,8-9,13-14,21H,7H2,(H2,28,33)(H,31,32). The molecule has 3 N–H and O–H groups in total. The van der Waals surface area contributed by atoms with Crippen molar-refractivity contribution in [2.75, 3.05) is 5.73 Å². The quantitative estimate of drug-likeness (QED) is 0.340. The third-order valence-electron chi connectivity index (χ3n) is 7.41. The Hall–Kier alpha value is -4.91. The molecule has 1 saturated carbocycles. The highest BCUT2D eigenvalue weighted by Crippen LogP contribution is 2.60. The van der Waals surface area contributed by atoms with Crippen molar-refractivity contribution in [1.82, 2.24) is 44.9 Å². The molecule has 1 aliphatic heterocycles. The summed E-state index contributed by atoms with van der Waals surface area (Å²) >= 11 is 6.29. The third-order valence-corrected chi connectivity index (χ3v) is 7.65. The van der Waals surface area contributed by atoms with Crippen molar-refractivity contribution in [3.8, 4) is 28.2 Å². The molecule has 14 heteroatoms. The maximum Gasteiger partial charge on any atom is 0.254 e. The Morgan fingerprint density at radius 2 is 2.05 bits per heavy atom. The molecule has 6 aromatic rings. The van der Waals surface area contributed by atoms with Gasteiger partial charge >= 0.3 is 0 Å². The van der Waals surface area contributed by atoms with E-state index >= 15 is 4.39 Å². The minimum Gasteiger partial charge on any atom is -0.380 e. The molecule has 1 aliphatic carbocycles. The van der Waals surface area contributed by atoms with E-state index in [4.69, 9.17) is 26.8 Å². The van der Waals surface area contributed by atoms with Gasteiger partial charge in [-0.2, -0.15) is 9.07 Å². The van der Waals surface area contributed by atoms with Crippen LogP contribution in [0.3, 0.4) is 0 Å². The van der Waals surface area contributed by atoms with Crippen LogP contribution in [0.1, 0.15) is 30.0 Å². The number of hydrogen-bond donors (Lipinski definition) is 2. The van der Waals surface area contributed by atoms with Crippen molar-refractivity contribution in [3.05, 3.63) is 81.8 Å². The van der Waals surface area contributed by atoms with Gasteiger partial charge in [0.1, 0.15) is 23.7 Å². The van der Waals surface area contributed by atoms with Gasteiger partial charge in [-0.1, -0.05) is 22.8 Å². The molecular weight excluding hydrogens is 527 g/mol. The van der Waals surface area contributed by atoms with Crippen molar-refractivity contribution >= 4 is 28.4 Å². The molecule has 8 rings (SSSR count). The van der Waals surface area contributed by atoms with Gasteiger partial charge in [0.25, 0.3) is 5.56 Å². The number of aromatic amines is 1. The molecule has 5 heterocycles. The first-order valence-corrected chi connectivity index (χ1v) is 12.4. The second-order valence-corrected chi connectivity index (χ2v) is 10.1. The molecular formula is C25H16ClFN10O2. The Kier molecular flexibility index (Phi) is 4.42. The number of aromatic nitrogens is 9. The highest BCUT2D eigenvalue weighted by atomic mass is 35.5. The zero-order chi connectivity index (χ0) is 26.4. The van der Waals surface area contributed by atoms with Crippen LogP contribution >= 0.6 is 11.6 Å². The number of rotatable bonds is 4. The Morgan fingerprint density at radius 1 is 1.15 bits per heavy atom. The number of nitrogens with one attached hydrogen (secondary N) is 1. The van der Waals surface area contributed by atoms with E-state index in [0.29, 0.717) is 50.1 Å². The summed E-state index contributed by atoms with van der Waals surface area (Å²) in [5, 5.41) is 16.2. The fraction of sp³-hybridized carbons (Fsp3) is 0.160. The topological polar surface area (TPSA) is 159 Å². The lowest BCUT2D eigenvalue weighted by atomic mass is 10.1. The number of nitrogen functional groups attached to an aromatic ring is 1. The number of anilines is 1. The molecule has 1 fully saturated rings. The minimum atomic E-state index is -0.676. The van der Waals surface area contributed by atoms with Crippen LogP contribution in [0, 0.1) is 11.9 Å². The second kappa shape index (κ2) is 7.80. The molecule has 3 unspecified atom stereocenters. The fourth-order valence-electron chi connectivity index (χ4n) is 5.56. The molecule has 4 aromatic heterocycles.